The van der Waals surface area contributed by atoms with E-state index in [1.807, 2.05) is 5.48 Å². The van der Waals surface area contributed by atoms with Crippen LogP contribution in [0, 0.1) is 34.3 Å². The quantitative estimate of drug-likeness (QED) is 0.270. The Bertz CT molecular complexity index is 1240. The van der Waals surface area contributed by atoms with E-state index in [2.05, 4.69) is 37.1 Å². The van der Waals surface area contributed by atoms with Crippen molar-refractivity contribution in [1.82, 2.24) is 10.3 Å². The van der Waals surface area contributed by atoms with E-state index in [4.69, 9.17) is 28.4 Å². The molecule has 0 spiro atoms. The largest absolute Gasteiger partial charge is 0.329 e. The summed E-state index contributed by atoms with van der Waals surface area (Å²) in [6.07, 6.45) is 2.34. The van der Waals surface area contributed by atoms with E-state index in [9.17, 15) is 18.8 Å². The molecular weight excluding hydrogens is 521 g/mol. The fraction of sp³-hybridized carbons (Fsp3) is 0.333. The lowest BCUT2D eigenvalue weighted by molar-refractivity contribution is 0.304. The minimum atomic E-state index is -0.391. The molecule has 198 valence electrons. The Hall–Kier alpha value is -2.96. The number of anilines is 1. The molecule has 1 saturated heterocycles. The highest BCUT2D eigenvalue weighted by molar-refractivity contribution is 6.31. The normalized spacial score (nSPS) is 18.5. The highest BCUT2D eigenvalue weighted by atomic mass is 35.5. The van der Waals surface area contributed by atoms with Gasteiger partial charge in [-0.25, -0.2) is 8.78 Å². The van der Waals surface area contributed by atoms with E-state index in [-0.39, 0.29) is 39.7 Å². The summed E-state index contributed by atoms with van der Waals surface area (Å²) < 4.78 is 26.2. The van der Waals surface area contributed by atoms with E-state index in [0.717, 1.165) is 6.42 Å². The zero-order valence-electron chi connectivity index (χ0n) is 20.7. The lowest BCUT2D eigenvalue weighted by Gasteiger charge is -2.26. The van der Waals surface area contributed by atoms with E-state index in [0.29, 0.717) is 22.8 Å². The number of halogens is 4. The predicted molar refractivity (Wildman–Crippen MR) is 143 cm³/mol. The second kappa shape index (κ2) is 14.1. The molecule has 4 N–H and O–H groups in total. The second-order valence-electron chi connectivity index (χ2n) is 9.68. The molecule has 1 aliphatic heterocycles. The minimum absolute atomic E-state index is 0.100. The van der Waals surface area contributed by atoms with E-state index >= 15 is 0 Å². The van der Waals surface area contributed by atoms with Crippen LogP contribution in [0.15, 0.2) is 65.6 Å². The van der Waals surface area contributed by atoms with E-state index in [1.165, 1.54) is 30.5 Å². The Morgan fingerprint density at radius 1 is 1.14 bits per heavy atom. The molecule has 2 aromatic carbocycles. The first-order chi connectivity index (χ1) is 17.4. The van der Waals surface area contributed by atoms with Crippen molar-refractivity contribution in [1.29, 1.82) is 5.26 Å². The third-order valence-corrected chi connectivity index (χ3v) is 6.05. The Morgan fingerprint density at radius 3 is 2.35 bits per heavy atom. The first-order valence-corrected chi connectivity index (χ1v) is 12.3. The van der Waals surface area contributed by atoms with Crippen LogP contribution in [0.4, 0.5) is 14.5 Å². The summed E-state index contributed by atoms with van der Waals surface area (Å²) in [6, 6.07) is 16.1. The van der Waals surface area contributed by atoms with Gasteiger partial charge in [0.05, 0.1) is 22.7 Å². The molecule has 3 atom stereocenters. The molecule has 1 aromatic heterocycles. The van der Waals surface area contributed by atoms with Crippen LogP contribution in [0.5, 0.6) is 0 Å². The Labute approximate surface area is 225 Å². The fourth-order valence-corrected chi connectivity index (χ4v) is 4.29. The number of hydrogen-bond donors (Lipinski definition) is 4. The van der Waals surface area contributed by atoms with Gasteiger partial charge in [-0.15, -0.1) is 0 Å². The zero-order valence-corrected chi connectivity index (χ0v) is 22.2. The maximum absolute atomic E-state index is 14.2. The number of benzene rings is 2. The molecule has 10 heteroatoms. The molecule has 0 radical (unpaired) electrons. The molecule has 0 amide bonds. The van der Waals surface area contributed by atoms with Crippen LogP contribution in [0.25, 0.3) is 0 Å². The van der Waals surface area contributed by atoms with E-state index < -0.39 is 5.82 Å². The van der Waals surface area contributed by atoms with Crippen LogP contribution in [0.3, 0.4) is 0 Å². The number of nitrogens with zero attached hydrogens (tertiary/aromatic N) is 1. The molecule has 0 saturated carbocycles. The predicted octanol–water partition coefficient (Wildman–Crippen LogP) is 6.77. The lowest BCUT2D eigenvalue weighted by Crippen LogP contribution is -2.31. The summed E-state index contributed by atoms with van der Waals surface area (Å²) >= 11 is 11.3. The van der Waals surface area contributed by atoms with Crippen molar-refractivity contribution in [2.75, 3.05) is 12.0 Å². The Kier molecular flexibility index (Phi) is 11.5. The van der Waals surface area contributed by atoms with Crippen molar-refractivity contribution in [3.05, 3.63) is 98.4 Å². The number of aromatic amines is 1. The van der Waals surface area contributed by atoms with Gasteiger partial charge in [0.15, 0.2) is 0 Å². The maximum atomic E-state index is 14.2. The number of aromatic nitrogens is 1. The van der Waals surface area contributed by atoms with Crippen LogP contribution in [-0.2, 0) is 0 Å². The first kappa shape index (κ1) is 30.3. The van der Waals surface area contributed by atoms with Crippen LogP contribution >= 0.6 is 23.2 Å². The van der Waals surface area contributed by atoms with Gasteiger partial charge in [-0.2, -0.15) is 5.26 Å². The molecular formula is C27H30Cl2F2N4O2. The van der Waals surface area contributed by atoms with Crippen LogP contribution < -0.4 is 16.4 Å². The highest BCUT2D eigenvalue weighted by Crippen LogP contribution is 2.38. The lowest BCUT2D eigenvalue weighted by atomic mass is 9.79. The second-order valence-corrected chi connectivity index (χ2v) is 10.5. The minimum Gasteiger partial charge on any atom is -0.329 e. The van der Waals surface area contributed by atoms with Gasteiger partial charge >= 0.3 is 0 Å². The molecule has 3 aromatic rings. The van der Waals surface area contributed by atoms with Gasteiger partial charge in [0.25, 0.3) is 0 Å². The Balaban J connectivity index is 0.000000232. The van der Waals surface area contributed by atoms with Gasteiger partial charge in [0.2, 0.25) is 5.56 Å². The molecule has 4 rings (SSSR count). The van der Waals surface area contributed by atoms with Gasteiger partial charge in [-0.3, -0.25) is 15.5 Å². The number of H-pyrrole nitrogens is 1. The van der Waals surface area contributed by atoms with Gasteiger partial charge in [-0.1, -0.05) is 62.2 Å². The zero-order chi connectivity index (χ0) is 27.6. The monoisotopic (exact) mass is 550 g/mol. The van der Waals surface area contributed by atoms with Crippen molar-refractivity contribution < 1.29 is 14.0 Å². The van der Waals surface area contributed by atoms with Crippen LogP contribution in [0.2, 0.25) is 10.0 Å². The smallest absolute Gasteiger partial charge is 0.250 e. The number of hydrogen-bond acceptors (Lipinski definition) is 5. The third kappa shape index (κ3) is 9.78. The van der Waals surface area contributed by atoms with Gasteiger partial charge in [0.1, 0.15) is 11.6 Å². The summed E-state index contributed by atoms with van der Waals surface area (Å²) in [7, 11) is 0. The number of rotatable bonds is 3. The van der Waals surface area contributed by atoms with Crippen molar-refractivity contribution in [3.8, 4) is 6.07 Å². The molecule has 1 fully saturated rings. The highest BCUT2D eigenvalue weighted by Gasteiger charge is 2.39. The molecule has 1 aliphatic rings. The van der Waals surface area contributed by atoms with E-state index in [1.54, 1.807) is 30.3 Å². The summed E-state index contributed by atoms with van der Waals surface area (Å²) in [5, 5.41) is 21.7. The van der Waals surface area contributed by atoms with Crippen molar-refractivity contribution in [3.63, 3.8) is 0 Å². The maximum Gasteiger partial charge on any atom is 0.250 e. The molecule has 0 bridgehead atoms. The molecule has 2 heterocycles. The number of nitrogens with one attached hydrogen (secondary N) is 3. The average Bonchev–Trinajstić information content (AvgIpc) is 3.22. The molecule has 3 unspecified atom stereocenters. The van der Waals surface area contributed by atoms with Crippen molar-refractivity contribution in [2.24, 2.45) is 11.3 Å². The number of pyridine rings is 1. The standard InChI is InChI=1S/C16H20ClFN2.C6H4ClF.C5H6N2O2/c1-16(2,3)7-14-11(8-19)12(9-20-14)10-5-4-6-13(17)15(10)18;7-5-2-1-3-6(8)4-5;8-5-3-4(7-9)1-2-6-5/h4-6,11-12,14,20H,7,9H2,1-3H3;1-4H;1-3,9H,(H2,6,7,8). The summed E-state index contributed by atoms with van der Waals surface area (Å²) in [4.78, 5) is 12.8. The topological polar surface area (TPSA) is 101 Å². The van der Waals surface area contributed by atoms with Crippen LogP contribution in [-0.4, -0.2) is 22.8 Å². The summed E-state index contributed by atoms with van der Waals surface area (Å²) in [6.45, 7) is 7.07. The van der Waals surface area contributed by atoms with Gasteiger partial charge < -0.3 is 10.3 Å². The Morgan fingerprint density at radius 2 is 1.84 bits per heavy atom. The average molecular weight is 551 g/mol. The number of nitriles is 1. The molecule has 37 heavy (non-hydrogen) atoms. The SMILES string of the molecule is CC(C)(C)CC1NCC(c2cccc(Cl)c2F)C1C#N.Fc1cccc(Cl)c1.O=c1cc(NO)cc[nH]1. The molecule has 6 nitrogen and oxygen atoms in total. The fourth-order valence-electron chi connectivity index (χ4n) is 3.94. The van der Waals surface area contributed by atoms with Gasteiger partial charge in [-0.05, 0) is 47.7 Å². The summed E-state index contributed by atoms with van der Waals surface area (Å²) in [5.41, 5.74) is 2.68. The third-order valence-electron chi connectivity index (χ3n) is 5.52. The molecule has 0 aliphatic carbocycles. The van der Waals surface area contributed by atoms with Crippen molar-refractivity contribution in [2.45, 2.75) is 39.2 Å². The first-order valence-electron chi connectivity index (χ1n) is 11.5. The summed E-state index contributed by atoms with van der Waals surface area (Å²) in [5.74, 6) is -1.04. The van der Waals surface area contributed by atoms with Crippen molar-refractivity contribution >= 4 is 28.9 Å². The van der Waals surface area contributed by atoms with Crippen LogP contribution in [0.1, 0.15) is 38.7 Å². The van der Waals surface area contributed by atoms with Gasteiger partial charge in [0, 0.05) is 35.8 Å².